The maximum Gasteiger partial charge on any atom is 0.472 e. The molecule has 0 heterocycles. The fourth-order valence-electron chi connectivity index (χ4n) is 12.9. The van der Waals surface area contributed by atoms with Crippen LogP contribution in [0.1, 0.15) is 440 Å². The molecule has 0 spiro atoms. The molecule has 0 aromatic rings. The first kappa shape index (κ1) is 100. The van der Waals surface area contributed by atoms with Crippen molar-refractivity contribution in [1.29, 1.82) is 0 Å². The molecule has 0 aromatic carbocycles. The SMILES string of the molecule is CCCCCCCCCCCCCCCCCCCCCCC(=O)OC[C@H](COP(=O)(O)OC[C@@H](O)COP(=O)(O)OC[C@@H](COC(=O)CCCCCCCCC(C)C)OC(=O)CCCCCCCCCCCCC)OC(=O)CCCCCCCCCCCCCCCCCCCCC(C)CC. The number of ether oxygens (including phenoxy) is 4. The Morgan fingerprint density at radius 1 is 0.284 bits per heavy atom. The highest BCUT2D eigenvalue weighted by Gasteiger charge is 2.30. The first-order valence-electron chi connectivity index (χ1n) is 43.0. The van der Waals surface area contributed by atoms with E-state index in [-0.39, 0.29) is 25.7 Å². The van der Waals surface area contributed by atoms with Crippen LogP contribution >= 0.6 is 15.6 Å². The Morgan fingerprint density at radius 3 is 0.745 bits per heavy atom. The Hall–Kier alpha value is -1.94. The van der Waals surface area contributed by atoms with E-state index in [0.717, 1.165) is 102 Å². The molecule has 19 heteroatoms. The van der Waals surface area contributed by atoms with E-state index in [9.17, 15) is 43.2 Å². The number of aliphatic hydroxyl groups excluding tert-OH is 1. The number of hydrogen-bond acceptors (Lipinski definition) is 15. The zero-order valence-corrected chi connectivity index (χ0v) is 68.7. The molecule has 3 unspecified atom stereocenters. The number of phosphoric acid groups is 2. The van der Waals surface area contributed by atoms with Gasteiger partial charge in [-0.05, 0) is 37.5 Å². The van der Waals surface area contributed by atoms with E-state index in [1.807, 2.05) is 0 Å². The summed E-state index contributed by atoms with van der Waals surface area (Å²) in [6.07, 6.45) is 65.5. The van der Waals surface area contributed by atoms with E-state index in [4.69, 9.17) is 37.0 Å². The molecule has 0 saturated carbocycles. The van der Waals surface area contributed by atoms with Crippen LogP contribution in [0.5, 0.6) is 0 Å². The summed E-state index contributed by atoms with van der Waals surface area (Å²) in [4.78, 5) is 73.0. The number of carbonyl (C=O) groups is 4. The molecule has 6 atom stereocenters. The topological polar surface area (TPSA) is 237 Å². The monoisotopic (exact) mass is 1490 g/mol. The molecule has 0 aliphatic rings. The molecular weight excluding hydrogens is 1330 g/mol. The number of carbonyl (C=O) groups excluding carboxylic acids is 4. The largest absolute Gasteiger partial charge is 0.472 e. The van der Waals surface area contributed by atoms with Gasteiger partial charge in [0.05, 0.1) is 26.4 Å². The van der Waals surface area contributed by atoms with Crippen LogP contribution in [0.15, 0.2) is 0 Å². The summed E-state index contributed by atoms with van der Waals surface area (Å²) in [5.74, 6) is -0.559. The second-order valence-corrected chi connectivity index (χ2v) is 33.5. The zero-order valence-electron chi connectivity index (χ0n) is 66.9. The van der Waals surface area contributed by atoms with E-state index in [1.54, 1.807) is 0 Å². The average molecular weight is 1490 g/mol. The number of rotatable bonds is 82. The summed E-state index contributed by atoms with van der Waals surface area (Å²) in [5, 5.41) is 10.6. The van der Waals surface area contributed by atoms with Gasteiger partial charge in [0.1, 0.15) is 19.3 Å². The van der Waals surface area contributed by atoms with Crippen LogP contribution in [0.2, 0.25) is 0 Å². The van der Waals surface area contributed by atoms with Gasteiger partial charge in [0.2, 0.25) is 0 Å². The fraction of sp³-hybridized carbons (Fsp3) is 0.952. The second-order valence-electron chi connectivity index (χ2n) is 30.6. The third-order valence-electron chi connectivity index (χ3n) is 19.8. The van der Waals surface area contributed by atoms with Crippen LogP contribution in [-0.2, 0) is 65.4 Å². The Balaban J connectivity index is 5.17. The van der Waals surface area contributed by atoms with Gasteiger partial charge in [-0.1, -0.05) is 388 Å². The van der Waals surface area contributed by atoms with E-state index in [2.05, 4.69) is 41.5 Å². The molecule has 0 aromatic heterocycles. The van der Waals surface area contributed by atoms with Crippen molar-refractivity contribution in [3.8, 4) is 0 Å². The quantitative estimate of drug-likeness (QED) is 0.0222. The lowest BCUT2D eigenvalue weighted by Crippen LogP contribution is -2.30. The summed E-state index contributed by atoms with van der Waals surface area (Å²) < 4.78 is 68.7. The first-order chi connectivity index (χ1) is 49.4. The van der Waals surface area contributed by atoms with Gasteiger partial charge in [0.25, 0.3) is 0 Å². The second kappa shape index (κ2) is 74.5. The summed E-state index contributed by atoms with van der Waals surface area (Å²) in [7, 11) is -9.92. The van der Waals surface area contributed by atoms with Crippen molar-refractivity contribution in [3.63, 3.8) is 0 Å². The molecule has 0 rings (SSSR count). The lowest BCUT2D eigenvalue weighted by molar-refractivity contribution is -0.161. The van der Waals surface area contributed by atoms with Gasteiger partial charge in [0, 0.05) is 25.7 Å². The fourth-order valence-corrected chi connectivity index (χ4v) is 14.4. The minimum Gasteiger partial charge on any atom is -0.462 e. The van der Waals surface area contributed by atoms with Crippen molar-refractivity contribution >= 4 is 39.5 Å². The van der Waals surface area contributed by atoms with E-state index >= 15 is 0 Å². The summed E-state index contributed by atoms with van der Waals surface area (Å²) in [6, 6.07) is 0. The molecule has 17 nitrogen and oxygen atoms in total. The molecule has 102 heavy (non-hydrogen) atoms. The van der Waals surface area contributed by atoms with E-state index in [0.29, 0.717) is 31.6 Å². The van der Waals surface area contributed by atoms with Gasteiger partial charge in [-0.3, -0.25) is 37.3 Å². The molecular formula is C83H162O17P2. The number of unbranched alkanes of at least 4 members (excludes halogenated alkanes) is 51. The Morgan fingerprint density at radius 2 is 0.500 bits per heavy atom. The van der Waals surface area contributed by atoms with E-state index < -0.39 is 97.5 Å². The van der Waals surface area contributed by atoms with Gasteiger partial charge < -0.3 is 33.8 Å². The molecule has 0 radical (unpaired) electrons. The Kier molecular flexibility index (Phi) is 73.1. The summed E-state index contributed by atoms with van der Waals surface area (Å²) >= 11 is 0. The molecule has 0 aliphatic heterocycles. The number of esters is 4. The first-order valence-corrected chi connectivity index (χ1v) is 46.0. The predicted octanol–water partition coefficient (Wildman–Crippen LogP) is 25.1. The number of aliphatic hydroxyl groups is 1. The minimum absolute atomic E-state index is 0.106. The summed E-state index contributed by atoms with van der Waals surface area (Å²) in [6.45, 7) is 9.62. The highest BCUT2D eigenvalue weighted by molar-refractivity contribution is 7.47. The minimum atomic E-state index is -4.96. The van der Waals surface area contributed by atoms with Crippen LogP contribution in [0, 0.1) is 11.8 Å². The van der Waals surface area contributed by atoms with Crippen molar-refractivity contribution in [1.82, 2.24) is 0 Å². The molecule has 0 bridgehead atoms. The molecule has 3 N–H and O–H groups in total. The number of phosphoric ester groups is 2. The highest BCUT2D eigenvalue weighted by Crippen LogP contribution is 2.45. The molecule has 0 amide bonds. The van der Waals surface area contributed by atoms with Gasteiger partial charge in [-0.25, -0.2) is 9.13 Å². The number of hydrogen-bond donors (Lipinski definition) is 3. The normalized spacial score (nSPS) is 14.1. The lowest BCUT2D eigenvalue weighted by atomic mass is 9.99. The van der Waals surface area contributed by atoms with Gasteiger partial charge >= 0.3 is 39.5 Å². The maximum atomic E-state index is 13.1. The summed E-state index contributed by atoms with van der Waals surface area (Å²) in [5.41, 5.74) is 0. The average Bonchev–Trinajstić information content (AvgIpc) is 0.917. The van der Waals surface area contributed by atoms with Gasteiger partial charge in [-0.2, -0.15) is 0 Å². The van der Waals surface area contributed by atoms with Crippen LogP contribution < -0.4 is 0 Å². The predicted molar refractivity (Wildman–Crippen MR) is 418 cm³/mol. The standard InChI is InChI=1S/C83H162O17P2/c1-7-10-12-14-16-18-20-21-22-23-24-25-29-32-35-39-42-46-53-59-65-80(85)93-71-78(99-83(88)68-62-56-48-44-40-36-33-30-27-26-28-31-34-38-41-45-52-58-64-76(6)9-3)73-97-101(89,90)95-69-77(84)70-96-102(91,92)98-74-79(72-94-81(86)66-60-54-50-49-51-57-63-75(4)5)100-82(87)67-61-55-47-43-37-19-17-15-13-11-8-2/h75-79,84H,7-74H2,1-6H3,(H,89,90)(H,91,92)/t76?,77-,78-,79-/m1/s1. The molecule has 0 fully saturated rings. The van der Waals surface area contributed by atoms with Crippen molar-refractivity contribution in [2.45, 2.75) is 458 Å². The van der Waals surface area contributed by atoms with E-state index in [1.165, 1.54) is 250 Å². The van der Waals surface area contributed by atoms with Crippen LogP contribution in [0.25, 0.3) is 0 Å². The third-order valence-corrected chi connectivity index (χ3v) is 21.7. The van der Waals surface area contributed by atoms with Crippen LogP contribution in [-0.4, -0.2) is 96.7 Å². The molecule has 606 valence electrons. The Bertz CT molecular complexity index is 1960. The maximum absolute atomic E-state index is 13.1. The third kappa shape index (κ3) is 74.9. The van der Waals surface area contributed by atoms with Crippen molar-refractivity contribution in [2.75, 3.05) is 39.6 Å². The molecule has 0 saturated heterocycles. The van der Waals surface area contributed by atoms with Crippen LogP contribution in [0.4, 0.5) is 0 Å². The van der Waals surface area contributed by atoms with Crippen molar-refractivity contribution < 1.29 is 80.2 Å². The molecule has 0 aliphatic carbocycles. The lowest BCUT2D eigenvalue weighted by Gasteiger charge is -2.21. The van der Waals surface area contributed by atoms with Crippen molar-refractivity contribution in [2.24, 2.45) is 11.8 Å². The van der Waals surface area contributed by atoms with Crippen molar-refractivity contribution in [3.05, 3.63) is 0 Å². The van der Waals surface area contributed by atoms with Gasteiger partial charge in [0.15, 0.2) is 12.2 Å². The smallest absolute Gasteiger partial charge is 0.462 e. The zero-order chi connectivity index (χ0) is 74.9. The highest BCUT2D eigenvalue weighted by atomic mass is 31.2. The van der Waals surface area contributed by atoms with Crippen LogP contribution in [0.3, 0.4) is 0 Å². The Labute approximate surface area is 626 Å². The van der Waals surface area contributed by atoms with Gasteiger partial charge in [-0.15, -0.1) is 0 Å².